The van der Waals surface area contributed by atoms with Crippen LogP contribution in [0.15, 0.2) is 48.8 Å². The quantitative estimate of drug-likeness (QED) is 0.193. The maximum absolute atomic E-state index is 13.4. The lowest BCUT2D eigenvalue weighted by Gasteiger charge is -2.31. The summed E-state index contributed by atoms with van der Waals surface area (Å²) in [4.78, 5) is 47.6. The molecule has 2 aromatic heterocycles. The van der Waals surface area contributed by atoms with Crippen LogP contribution in [0.25, 0.3) is 44.8 Å². The predicted octanol–water partition coefficient (Wildman–Crippen LogP) is 9.82. The summed E-state index contributed by atoms with van der Waals surface area (Å²) in [6, 6.07) is 13.4. The fourth-order valence-corrected chi connectivity index (χ4v) is 9.80. The van der Waals surface area contributed by atoms with Crippen molar-refractivity contribution in [1.82, 2.24) is 29.7 Å². The molecule has 10 nitrogen and oxygen atoms in total. The Labute approximate surface area is 305 Å². The van der Waals surface area contributed by atoms with E-state index in [0.29, 0.717) is 11.8 Å². The predicted molar refractivity (Wildman–Crippen MR) is 199 cm³/mol. The number of rotatable bonds is 4. The molecule has 10 heteroatoms. The van der Waals surface area contributed by atoms with Gasteiger partial charge >= 0.3 is 12.2 Å². The normalized spacial score (nSPS) is 26.1. The third-order valence-corrected chi connectivity index (χ3v) is 11.9. The molecule has 2 N–H and O–H groups in total. The van der Waals surface area contributed by atoms with Crippen LogP contribution < -0.4 is 0 Å². The Hall–Kier alpha value is -4.60. The summed E-state index contributed by atoms with van der Waals surface area (Å²) in [5.74, 6) is 2.65. The maximum atomic E-state index is 13.4. The highest BCUT2D eigenvalue weighted by molar-refractivity contribution is 6.04. The number of H-pyrrole nitrogens is 2. The van der Waals surface area contributed by atoms with Gasteiger partial charge in [0.15, 0.2) is 0 Å². The first-order chi connectivity index (χ1) is 24.8. The molecule has 2 aliphatic heterocycles. The molecule has 6 atom stereocenters. The molecule has 2 saturated carbocycles. The molecule has 0 spiro atoms. The lowest BCUT2D eigenvalue weighted by atomic mass is 9.78. The number of aromatic nitrogens is 4. The van der Waals surface area contributed by atoms with Gasteiger partial charge in [0.2, 0.25) is 0 Å². The highest BCUT2D eigenvalue weighted by Crippen LogP contribution is 2.51. The smallest absolute Gasteiger partial charge is 0.411 e. The van der Waals surface area contributed by atoms with Crippen LogP contribution in [0, 0.1) is 11.8 Å². The summed E-state index contributed by atoms with van der Waals surface area (Å²) in [6.45, 7) is 11.5. The summed E-state index contributed by atoms with van der Waals surface area (Å²) >= 11 is 0. The largest absolute Gasteiger partial charge is 0.444 e. The van der Waals surface area contributed by atoms with Crippen molar-refractivity contribution >= 4 is 12.2 Å². The van der Waals surface area contributed by atoms with Crippen molar-refractivity contribution in [1.29, 1.82) is 0 Å². The third-order valence-electron chi connectivity index (χ3n) is 11.9. The summed E-state index contributed by atoms with van der Waals surface area (Å²) in [6.07, 6.45) is 11.8. The fourth-order valence-electron chi connectivity index (χ4n) is 9.80. The monoisotopic (exact) mass is 702 g/mol. The second kappa shape index (κ2) is 12.0. The maximum Gasteiger partial charge on any atom is 0.411 e. The fraction of sp³-hybridized carbons (Fsp3) is 0.524. The Morgan fingerprint density at radius 3 is 1.46 bits per heavy atom. The number of likely N-dealkylation sites (tertiary alicyclic amines) is 2. The van der Waals surface area contributed by atoms with Crippen molar-refractivity contribution in [2.75, 3.05) is 0 Å². The number of benzene rings is 2. The van der Waals surface area contributed by atoms with Gasteiger partial charge < -0.3 is 19.4 Å². The van der Waals surface area contributed by atoms with E-state index in [-0.39, 0.29) is 36.4 Å². The van der Waals surface area contributed by atoms with Crippen molar-refractivity contribution in [3.05, 3.63) is 60.4 Å². The first-order valence-corrected chi connectivity index (χ1v) is 19.2. The molecule has 4 fully saturated rings. The summed E-state index contributed by atoms with van der Waals surface area (Å²) in [7, 11) is 0. The number of carbonyl (C=O) groups is 2. The Morgan fingerprint density at radius 2 is 1.06 bits per heavy atom. The van der Waals surface area contributed by atoms with E-state index in [0.717, 1.165) is 85.5 Å². The third kappa shape index (κ3) is 5.69. The minimum atomic E-state index is -0.545. The van der Waals surface area contributed by atoms with Crippen LogP contribution in [0.2, 0.25) is 0 Å². The number of nitrogens with zero attached hydrogens (tertiary/aromatic N) is 4. The number of amides is 2. The molecule has 2 unspecified atom stereocenters. The first-order valence-electron chi connectivity index (χ1n) is 19.2. The molecular formula is C42H50N6O4. The van der Waals surface area contributed by atoms with Gasteiger partial charge in [-0.2, -0.15) is 0 Å². The molecule has 52 heavy (non-hydrogen) atoms. The van der Waals surface area contributed by atoms with Crippen molar-refractivity contribution in [3.8, 4) is 44.8 Å². The van der Waals surface area contributed by atoms with Gasteiger partial charge in [0.1, 0.15) is 22.9 Å². The van der Waals surface area contributed by atoms with Crippen molar-refractivity contribution in [2.45, 2.75) is 128 Å². The highest BCUT2D eigenvalue weighted by Gasteiger charge is 2.50. The minimum Gasteiger partial charge on any atom is -0.444 e. The summed E-state index contributed by atoms with van der Waals surface area (Å²) in [5, 5.41) is 0. The molecule has 9 rings (SSSR count). The number of carbonyl (C=O) groups excluding carboxylic acids is 2. The Balaban J connectivity index is 0.929. The van der Waals surface area contributed by atoms with Crippen molar-refractivity contribution in [2.24, 2.45) is 11.8 Å². The van der Waals surface area contributed by atoms with Gasteiger partial charge in [-0.1, -0.05) is 37.1 Å². The van der Waals surface area contributed by atoms with E-state index in [1.165, 1.54) is 22.3 Å². The molecular weight excluding hydrogens is 653 g/mol. The van der Waals surface area contributed by atoms with Crippen LogP contribution in [0.4, 0.5) is 9.59 Å². The van der Waals surface area contributed by atoms with Crippen molar-refractivity contribution in [3.63, 3.8) is 0 Å². The molecule has 4 aromatic rings. The number of hydrogen-bond acceptors (Lipinski definition) is 6. The van der Waals surface area contributed by atoms with Gasteiger partial charge in [-0.25, -0.2) is 19.6 Å². The van der Waals surface area contributed by atoms with Crippen LogP contribution in [0.5, 0.6) is 0 Å². The zero-order valence-corrected chi connectivity index (χ0v) is 31.2. The molecule has 5 aliphatic rings. The molecule has 2 saturated heterocycles. The highest BCUT2D eigenvalue weighted by atomic mass is 16.6. The zero-order valence-electron chi connectivity index (χ0n) is 31.2. The van der Waals surface area contributed by atoms with E-state index in [1.807, 2.05) is 63.7 Å². The van der Waals surface area contributed by atoms with E-state index < -0.39 is 11.2 Å². The van der Waals surface area contributed by atoms with Gasteiger partial charge in [0.05, 0.1) is 35.9 Å². The van der Waals surface area contributed by atoms with Gasteiger partial charge in [-0.15, -0.1) is 0 Å². The Morgan fingerprint density at radius 1 is 0.635 bits per heavy atom. The average Bonchev–Trinajstić information content (AvgIpc) is 3.89. The molecule has 3 aliphatic carbocycles. The Bertz CT molecular complexity index is 1890. The number of imidazole rings is 2. The minimum absolute atomic E-state index is 0.110. The molecule has 2 aromatic carbocycles. The van der Waals surface area contributed by atoms with Crippen molar-refractivity contribution < 1.29 is 19.1 Å². The standard InChI is InChI=1S/C42H50N6O4/c1-41(2,3)51-39(49)47-33-11-7-9-25(33)19-35(47)37-43-21-31(45-37)23-13-15-27-29(17-23)28-16-14-24(18-30(27)28)32-22-44-38(46-32)36-20-26-10-8-12-34(26)48(36)40(50)52-42(4,5)6/h13-18,21-22,25-26,33-36H,7-12,19-20H2,1-6H3,(H,43,45)(H,44,46)/t25-,26?,33-,34?,35-,36-/m0/s1. The van der Waals surface area contributed by atoms with Crippen LogP contribution in [-0.4, -0.2) is 65.2 Å². The van der Waals surface area contributed by atoms with Crippen LogP contribution >= 0.6 is 0 Å². The van der Waals surface area contributed by atoms with Crippen LogP contribution in [0.3, 0.4) is 0 Å². The lowest BCUT2D eigenvalue weighted by molar-refractivity contribution is 0.0120. The molecule has 2 amide bonds. The topological polar surface area (TPSA) is 116 Å². The van der Waals surface area contributed by atoms with Gasteiger partial charge in [0.25, 0.3) is 0 Å². The number of fused-ring (bicyclic) bond motifs is 6. The second-order valence-corrected chi connectivity index (χ2v) is 17.7. The van der Waals surface area contributed by atoms with Gasteiger partial charge in [-0.05, 0) is 126 Å². The van der Waals surface area contributed by atoms with Crippen LogP contribution in [-0.2, 0) is 9.47 Å². The molecule has 0 bridgehead atoms. The van der Waals surface area contributed by atoms with E-state index in [2.05, 4.69) is 46.4 Å². The molecule has 0 radical (unpaired) electrons. The van der Waals surface area contributed by atoms with Gasteiger partial charge in [-0.3, -0.25) is 9.80 Å². The van der Waals surface area contributed by atoms with E-state index in [9.17, 15) is 9.59 Å². The Kier molecular flexibility index (Phi) is 7.65. The van der Waals surface area contributed by atoms with E-state index >= 15 is 0 Å². The first kappa shape index (κ1) is 33.3. The molecule has 4 heterocycles. The van der Waals surface area contributed by atoms with E-state index in [1.54, 1.807) is 0 Å². The summed E-state index contributed by atoms with van der Waals surface area (Å²) in [5.41, 5.74) is 7.84. The molecule has 272 valence electrons. The lowest BCUT2D eigenvalue weighted by Crippen LogP contribution is -2.41. The number of ether oxygens (including phenoxy) is 2. The number of nitrogens with one attached hydrogen (secondary N) is 2. The zero-order chi connectivity index (χ0) is 36.1. The second-order valence-electron chi connectivity index (χ2n) is 17.7. The number of aromatic amines is 2. The number of hydrogen-bond donors (Lipinski definition) is 2. The SMILES string of the molecule is CC(C)(C)OC(=O)N1C2CCCC2C[C@H]1c1ncc(-c2ccc3c(c2)-c2ccc(-c4cnc([C@@H]5C[C@@H]6CCC[C@@H]6N5C(=O)OC(C)(C)C)[nH]4)cc2-3)[nH]1. The summed E-state index contributed by atoms with van der Waals surface area (Å²) < 4.78 is 11.7. The van der Waals surface area contributed by atoms with E-state index in [4.69, 9.17) is 19.4 Å². The van der Waals surface area contributed by atoms with Crippen LogP contribution in [0.1, 0.15) is 117 Å². The average molecular weight is 703 g/mol. The van der Waals surface area contributed by atoms with Gasteiger partial charge in [0, 0.05) is 23.2 Å².